The molecule has 0 spiro atoms. The molecule has 162 valence electrons. The van der Waals surface area contributed by atoms with E-state index in [4.69, 9.17) is 4.42 Å². The average molecular weight is 417 g/mol. The molecule has 31 heavy (non-hydrogen) atoms. The van der Waals surface area contributed by atoms with E-state index in [0.29, 0.717) is 0 Å². The molecule has 1 aromatic heterocycles. The second kappa shape index (κ2) is 8.77. The summed E-state index contributed by atoms with van der Waals surface area (Å²) < 4.78 is 6.21. The van der Waals surface area contributed by atoms with E-state index in [2.05, 4.69) is 94.4 Å². The maximum Gasteiger partial charge on any atom is 0.134 e. The van der Waals surface area contributed by atoms with Crippen LogP contribution in [0.1, 0.15) is 0 Å². The Labute approximate surface area is 185 Å². The normalized spacial score (nSPS) is 18.5. The Hall–Kier alpha value is -2.76. The van der Waals surface area contributed by atoms with Gasteiger partial charge in [-0.1, -0.05) is 0 Å². The Morgan fingerprint density at radius 2 is 0.839 bits per heavy atom. The zero-order valence-electron chi connectivity index (χ0n) is 18.6. The summed E-state index contributed by atoms with van der Waals surface area (Å²) in [5.41, 5.74) is 4.84. The van der Waals surface area contributed by atoms with E-state index in [0.717, 1.165) is 75.0 Å². The molecule has 0 N–H and O–H groups in total. The van der Waals surface area contributed by atoms with Crippen LogP contribution in [0, 0.1) is 0 Å². The molecular weight excluding hydrogens is 384 g/mol. The van der Waals surface area contributed by atoms with Gasteiger partial charge in [-0.15, -0.1) is 0 Å². The quantitative estimate of drug-likeness (QED) is 0.638. The van der Waals surface area contributed by atoms with Crippen molar-refractivity contribution in [2.45, 2.75) is 0 Å². The van der Waals surface area contributed by atoms with E-state index in [1.807, 2.05) is 0 Å². The van der Waals surface area contributed by atoms with Gasteiger partial charge in [0.25, 0.3) is 0 Å². The first-order chi connectivity index (χ1) is 15.2. The first-order valence-electron chi connectivity index (χ1n) is 11.3. The molecule has 3 heterocycles. The van der Waals surface area contributed by atoms with Crippen molar-refractivity contribution in [2.75, 3.05) is 76.3 Å². The third-order valence-electron chi connectivity index (χ3n) is 6.65. The Kier molecular flexibility index (Phi) is 5.70. The van der Waals surface area contributed by atoms with Crippen LogP contribution in [-0.4, -0.2) is 76.3 Å². The van der Waals surface area contributed by atoms with Gasteiger partial charge in [0.2, 0.25) is 0 Å². The number of nitrogens with zero attached hydrogens (tertiary/aromatic N) is 4. The molecule has 2 saturated heterocycles. The van der Waals surface area contributed by atoms with Gasteiger partial charge in [-0.2, -0.15) is 0 Å². The summed E-state index contributed by atoms with van der Waals surface area (Å²) in [5.74, 6) is 1.84. The highest BCUT2D eigenvalue weighted by molar-refractivity contribution is 5.68. The fourth-order valence-electron chi connectivity index (χ4n) is 4.45. The third kappa shape index (κ3) is 4.48. The molecule has 5 rings (SSSR count). The molecule has 0 saturated carbocycles. The highest BCUT2D eigenvalue weighted by atomic mass is 16.3. The van der Waals surface area contributed by atoms with Crippen molar-refractivity contribution in [1.29, 1.82) is 0 Å². The average Bonchev–Trinajstić information content (AvgIpc) is 3.31. The molecular formula is C26H32N4O. The number of hydrogen-bond acceptors (Lipinski definition) is 5. The fourth-order valence-corrected chi connectivity index (χ4v) is 4.45. The number of furan rings is 1. The van der Waals surface area contributed by atoms with Gasteiger partial charge in [0, 0.05) is 74.9 Å². The summed E-state index contributed by atoms with van der Waals surface area (Å²) in [6, 6.07) is 21.7. The van der Waals surface area contributed by atoms with Crippen LogP contribution >= 0.6 is 0 Å². The van der Waals surface area contributed by atoms with Crippen LogP contribution in [0.4, 0.5) is 11.4 Å². The predicted octanol–water partition coefficient (Wildman–Crippen LogP) is 4.12. The second-order valence-corrected chi connectivity index (χ2v) is 8.84. The lowest BCUT2D eigenvalue weighted by molar-refractivity contribution is 0.313. The predicted molar refractivity (Wildman–Crippen MR) is 129 cm³/mol. The molecule has 2 aliphatic heterocycles. The van der Waals surface area contributed by atoms with E-state index < -0.39 is 0 Å². The molecule has 0 bridgehead atoms. The van der Waals surface area contributed by atoms with Crippen LogP contribution in [-0.2, 0) is 0 Å². The summed E-state index contributed by atoms with van der Waals surface area (Å²) in [4.78, 5) is 9.68. The van der Waals surface area contributed by atoms with Crippen LogP contribution in [0.3, 0.4) is 0 Å². The van der Waals surface area contributed by atoms with Crippen LogP contribution in [0.5, 0.6) is 0 Å². The first kappa shape index (κ1) is 20.2. The minimum Gasteiger partial charge on any atom is -0.456 e. The maximum atomic E-state index is 6.21. The largest absolute Gasteiger partial charge is 0.456 e. The van der Waals surface area contributed by atoms with Gasteiger partial charge < -0.3 is 24.0 Å². The summed E-state index contributed by atoms with van der Waals surface area (Å²) in [7, 11) is 4.38. The lowest BCUT2D eigenvalue weighted by atomic mass is 10.1. The molecule has 5 heteroatoms. The number of hydrogen-bond donors (Lipinski definition) is 0. The van der Waals surface area contributed by atoms with Crippen molar-refractivity contribution < 1.29 is 4.42 Å². The van der Waals surface area contributed by atoms with Crippen molar-refractivity contribution in [3.8, 4) is 22.6 Å². The summed E-state index contributed by atoms with van der Waals surface area (Å²) in [5, 5.41) is 0. The monoisotopic (exact) mass is 416 g/mol. The van der Waals surface area contributed by atoms with Gasteiger partial charge in [0.15, 0.2) is 0 Å². The van der Waals surface area contributed by atoms with Crippen molar-refractivity contribution in [1.82, 2.24) is 9.80 Å². The number of rotatable bonds is 4. The smallest absolute Gasteiger partial charge is 0.134 e. The van der Waals surface area contributed by atoms with Crippen molar-refractivity contribution >= 4 is 11.4 Å². The van der Waals surface area contributed by atoms with Crippen LogP contribution in [0.15, 0.2) is 65.1 Å². The van der Waals surface area contributed by atoms with Crippen molar-refractivity contribution in [2.24, 2.45) is 0 Å². The second-order valence-electron chi connectivity index (χ2n) is 8.84. The van der Waals surface area contributed by atoms with E-state index in [1.54, 1.807) is 0 Å². The third-order valence-corrected chi connectivity index (χ3v) is 6.65. The Bertz CT molecular complexity index is 899. The molecule has 0 amide bonds. The lowest BCUT2D eigenvalue weighted by Gasteiger charge is -2.34. The molecule has 0 aliphatic carbocycles. The summed E-state index contributed by atoms with van der Waals surface area (Å²) in [6.07, 6.45) is 0. The van der Waals surface area contributed by atoms with E-state index in [1.165, 1.54) is 11.4 Å². The molecule has 2 aromatic carbocycles. The Balaban J connectivity index is 1.26. The van der Waals surface area contributed by atoms with Crippen LogP contribution in [0.2, 0.25) is 0 Å². The lowest BCUT2D eigenvalue weighted by Crippen LogP contribution is -2.44. The number of anilines is 2. The molecule has 0 radical (unpaired) electrons. The molecule has 0 unspecified atom stereocenters. The van der Waals surface area contributed by atoms with E-state index in [9.17, 15) is 0 Å². The van der Waals surface area contributed by atoms with E-state index in [-0.39, 0.29) is 0 Å². The summed E-state index contributed by atoms with van der Waals surface area (Å²) >= 11 is 0. The number of likely N-dealkylation sites (N-methyl/N-ethyl adjacent to an activating group) is 2. The fraction of sp³-hybridized carbons (Fsp3) is 0.385. The van der Waals surface area contributed by atoms with Gasteiger partial charge in [-0.25, -0.2) is 0 Å². The molecule has 2 aliphatic rings. The molecule has 5 nitrogen and oxygen atoms in total. The standard InChI is InChI=1S/C26H32N4O/c1-27-13-17-29(18-14-27)23-7-3-21(4-8-23)25-11-12-26(31-25)22-5-9-24(10-6-22)30-19-15-28(2)16-20-30/h3-12H,13-20H2,1-2H3. The minimum atomic E-state index is 0.920. The van der Waals surface area contributed by atoms with Gasteiger partial charge in [0.1, 0.15) is 11.5 Å². The Morgan fingerprint density at radius 1 is 0.484 bits per heavy atom. The number of piperazine rings is 2. The molecule has 0 atom stereocenters. The Morgan fingerprint density at radius 3 is 1.19 bits per heavy atom. The maximum absolute atomic E-state index is 6.21. The summed E-state index contributed by atoms with van der Waals surface area (Å²) in [6.45, 7) is 8.84. The first-order valence-corrected chi connectivity index (χ1v) is 11.3. The van der Waals surface area contributed by atoms with Crippen LogP contribution in [0.25, 0.3) is 22.6 Å². The zero-order valence-corrected chi connectivity index (χ0v) is 18.6. The molecule has 3 aromatic rings. The minimum absolute atomic E-state index is 0.920. The van der Waals surface area contributed by atoms with Gasteiger partial charge in [-0.05, 0) is 74.8 Å². The van der Waals surface area contributed by atoms with Gasteiger partial charge in [-0.3, -0.25) is 0 Å². The SMILES string of the molecule is CN1CCN(c2ccc(-c3ccc(-c4ccc(N5CCN(C)CC5)cc4)o3)cc2)CC1. The highest BCUT2D eigenvalue weighted by Gasteiger charge is 2.16. The van der Waals surface area contributed by atoms with Gasteiger partial charge >= 0.3 is 0 Å². The molecule has 2 fully saturated rings. The highest BCUT2D eigenvalue weighted by Crippen LogP contribution is 2.31. The van der Waals surface area contributed by atoms with Crippen molar-refractivity contribution in [3.05, 3.63) is 60.7 Å². The van der Waals surface area contributed by atoms with Gasteiger partial charge in [0.05, 0.1) is 0 Å². The van der Waals surface area contributed by atoms with Crippen molar-refractivity contribution in [3.63, 3.8) is 0 Å². The van der Waals surface area contributed by atoms with E-state index >= 15 is 0 Å². The number of benzene rings is 2. The zero-order chi connectivity index (χ0) is 21.2. The topological polar surface area (TPSA) is 26.1 Å². The van der Waals surface area contributed by atoms with Crippen LogP contribution < -0.4 is 9.80 Å².